The second-order valence-electron chi connectivity index (χ2n) is 6.61. The smallest absolute Gasteiger partial charge is 0.387 e. The summed E-state index contributed by atoms with van der Waals surface area (Å²) in [5, 5.41) is 20.6. The first kappa shape index (κ1) is 25.5. The highest BCUT2D eigenvalue weighted by Crippen LogP contribution is 2.65. The molecule has 180 valence electrons. The molecule has 17 nitrogen and oxygen atoms in total. The third-order valence-corrected chi connectivity index (χ3v) is 9.58. The Bertz CT molecular complexity index is 1210. The first-order chi connectivity index (χ1) is 14.6. The molecule has 1 aliphatic heterocycles. The number of hydrogen-bond acceptors (Lipinski definition) is 12. The molecule has 0 radical (unpaired) electrons. The van der Waals surface area contributed by atoms with Gasteiger partial charge in [-0.15, -0.1) is 0 Å². The van der Waals surface area contributed by atoms with Gasteiger partial charge in [0.05, 0.1) is 12.9 Å². The maximum Gasteiger partial charge on any atom is 0.479 e. The topological polar surface area (TPSA) is 273 Å². The molecule has 21 heteroatoms. The van der Waals surface area contributed by atoms with Crippen LogP contribution >= 0.6 is 35.2 Å². The van der Waals surface area contributed by atoms with E-state index in [-0.39, 0.29) is 21.8 Å². The number of nitrogens with two attached hydrogens (primary N) is 1. The summed E-state index contributed by atoms with van der Waals surface area (Å²) in [5.41, 5.74) is 6.04. The molecule has 2 aromatic heterocycles. The van der Waals surface area contributed by atoms with Gasteiger partial charge in [0.2, 0.25) is 0 Å². The summed E-state index contributed by atoms with van der Waals surface area (Å²) < 4.78 is 49.6. The highest BCUT2D eigenvalue weighted by atomic mass is 32.1. The average molecular weight is 537 g/mol. The summed E-state index contributed by atoms with van der Waals surface area (Å²) in [4.78, 5) is 46.9. The monoisotopic (exact) mass is 537 g/mol. The first-order valence-electron chi connectivity index (χ1n) is 8.37. The summed E-state index contributed by atoms with van der Waals surface area (Å²) in [6, 6.07) is 0. The number of anilines is 1. The summed E-state index contributed by atoms with van der Waals surface area (Å²) >= 11 is 5.04. The number of aliphatic hydroxyl groups excluding tert-OH is 2. The lowest BCUT2D eigenvalue weighted by Crippen LogP contribution is -2.33. The molecular weight excluding hydrogens is 519 g/mol. The maximum absolute atomic E-state index is 11.9. The SMILES string of the molecule is Nc1nc(=S)c2ncn([C@@H]3O[C@H](COP(=O)(O)OP(=O)(O)CP(=O)(O)O)[C@@H](O)[C@H]3O)c2[nH]1. The van der Waals surface area contributed by atoms with Crippen molar-refractivity contribution in [2.45, 2.75) is 24.5 Å². The van der Waals surface area contributed by atoms with Crippen molar-refractivity contribution in [2.75, 3.05) is 18.2 Å². The molecule has 32 heavy (non-hydrogen) atoms. The number of aromatic amines is 1. The third kappa shape index (κ3) is 5.87. The van der Waals surface area contributed by atoms with E-state index in [4.69, 9.17) is 32.5 Å². The van der Waals surface area contributed by atoms with Crippen molar-refractivity contribution >= 4 is 52.3 Å². The number of rotatable bonds is 8. The molecule has 1 fully saturated rings. The zero-order valence-electron chi connectivity index (χ0n) is 15.6. The van der Waals surface area contributed by atoms with Crippen LogP contribution in [0.15, 0.2) is 6.33 Å². The van der Waals surface area contributed by atoms with Gasteiger partial charge in [0.1, 0.15) is 29.5 Å². The molecule has 3 heterocycles. The van der Waals surface area contributed by atoms with Crippen LogP contribution in [0.25, 0.3) is 11.2 Å². The van der Waals surface area contributed by atoms with Gasteiger partial charge >= 0.3 is 23.0 Å². The van der Waals surface area contributed by atoms with Crippen molar-refractivity contribution in [3.63, 3.8) is 0 Å². The lowest BCUT2D eigenvalue weighted by atomic mass is 10.1. The van der Waals surface area contributed by atoms with Crippen LogP contribution in [-0.4, -0.2) is 80.1 Å². The minimum atomic E-state index is -5.32. The molecule has 0 saturated carbocycles. The van der Waals surface area contributed by atoms with Gasteiger partial charge in [0, 0.05) is 0 Å². The van der Waals surface area contributed by atoms with Crippen LogP contribution in [0.3, 0.4) is 0 Å². The van der Waals surface area contributed by atoms with Crippen molar-refractivity contribution in [3.8, 4) is 0 Å². The Hall–Kier alpha value is -1.10. The lowest BCUT2D eigenvalue weighted by molar-refractivity contribution is -0.0501. The van der Waals surface area contributed by atoms with Crippen molar-refractivity contribution in [1.29, 1.82) is 0 Å². The quantitative estimate of drug-likeness (QED) is 0.150. The second-order valence-corrected chi connectivity index (χ2v) is 12.6. The van der Waals surface area contributed by atoms with E-state index in [9.17, 15) is 33.7 Å². The molecule has 3 rings (SSSR count). The first-order valence-corrected chi connectivity index (χ1v) is 13.8. The predicted octanol–water partition coefficient (Wildman–Crippen LogP) is -0.856. The van der Waals surface area contributed by atoms with Gasteiger partial charge < -0.3 is 45.2 Å². The number of aromatic nitrogens is 4. The summed E-state index contributed by atoms with van der Waals surface area (Å²) in [5.74, 6) is -1.77. The van der Waals surface area contributed by atoms with E-state index >= 15 is 0 Å². The number of phosphoric acid groups is 1. The Morgan fingerprint density at radius 1 is 1.22 bits per heavy atom. The van der Waals surface area contributed by atoms with Gasteiger partial charge in [-0.25, -0.2) is 18.8 Å². The van der Waals surface area contributed by atoms with Crippen LogP contribution in [-0.2, 0) is 27.3 Å². The fourth-order valence-corrected chi connectivity index (χ4v) is 7.45. The van der Waals surface area contributed by atoms with Crippen LogP contribution in [0.1, 0.15) is 6.23 Å². The molecule has 2 aromatic rings. The van der Waals surface area contributed by atoms with Crippen molar-refractivity contribution in [1.82, 2.24) is 19.5 Å². The van der Waals surface area contributed by atoms with Gasteiger partial charge in [-0.3, -0.25) is 18.2 Å². The van der Waals surface area contributed by atoms with Crippen molar-refractivity contribution < 1.29 is 57.1 Å². The molecule has 0 aromatic carbocycles. The van der Waals surface area contributed by atoms with E-state index in [0.29, 0.717) is 0 Å². The molecule has 2 unspecified atom stereocenters. The molecule has 0 bridgehead atoms. The van der Waals surface area contributed by atoms with Gasteiger partial charge in [0.25, 0.3) is 0 Å². The fraction of sp³-hybridized carbons (Fsp3) is 0.545. The van der Waals surface area contributed by atoms with Crippen molar-refractivity contribution in [2.24, 2.45) is 0 Å². The Morgan fingerprint density at radius 3 is 2.50 bits per heavy atom. The number of fused-ring (bicyclic) bond motifs is 1. The van der Waals surface area contributed by atoms with Crippen LogP contribution in [0, 0.1) is 4.64 Å². The molecule has 6 atom stereocenters. The summed E-state index contributed by atoms with van der Waals surface area (Å²) in [6.07, 6.45) is -4.75. The Morgan fingerprint density at radius 2 is 1.88 bits per heavy atom. The van der Waals surface area contributed by atoms with Gasteiger partial charge in [-0.2, -0.15) is 0 Å². The van der Waals surface area contributed by atoms with Crippen LogP contribution in [0.2, 0.25) is 0 Å². The highest BCUT2D eigenvalue weighted by Gasteiger charge is 2.46. The number of hydrogen-bond donors (Lipinski definition) is 8. The van der Waals surface area contributed by atoms with E-state index in [2.05, 4.69) is 23.8 Å². The number of nitrogen functional groups attached to an aromatic ring is 1. The average Bonchev–Trinajstić information content (AvgIpc) is 3.12. The number of imidazole rings is 1. The Labute approximate surface area is 183 Å². The second kappa shape index (κ2) is 8.92. The minimum Gasteiger partial charge on any atom is -0.387 e. The fourth-order valence-electron chi connectivity index (χ4n) is 2.85. The lowest BCUT2D eigenvalue weighted by Gasteiger charge is -2.19. The van der Waals surface area contributed by atoms with E-state index in [1.165, 1.54) is 10.9 Å². The normalized spacial score (nSPS) is 27.9. The zero-order valence-corrected chi connectivity index (χ0v) is 19.1. The van der Waals surface area contributed by atoms with E-state index in [0.717, 1.165) is 0 Å². The largest absolute Gasteiger partial charge is 0.479 e. The van der Waals surface area contributed by atoms with E-state index < -0.39 is 60.1 Å². The van der Waals surface area contributed by atoms with E-state index in [1.807, 2.05) is 0 Å². The van der Waals surface area contributed by atoms with Crippen LogP contribution < -0.4 is 5.73 Å². The number of phosphoric ester groups is 1. The Balaban J connectivity index is 1.72. The van der Waals surface area contributed by atoms with Gasteiger partial charge in [-0.1, -0.05) is 12.2 Å². The third-order valence-electron chi connectivity index (χ3n) is 4.07. The number of aliphatic hydroxyl groups is 2. The number of nitrogens with one attached hydrogen (secondary N) is 1. The predicted molar refractivity (Wildman–Crippen MR) is 107 cm³/mol. The minimum absolute atomic E-state index is 0.0562. The molecule has 0 aliphatic carbocycles. The Kier molecular flexibility index (Phi) is 7.12. The summed E-state index contributed by atoms with van der Waals surface area (Å²) in [6.45, 7) is -0.912. The standard InChI is InChI=1S/C11H18N5O12P3S/c12-11-14-8-5(9(32)15-11)13-2-16(8)10-7(18)6(17)4(27-10)1-26-31(24,25)28-30(22,23)3-29(19,20)21/h2,4,6-7,10,17-18H,1,3H2,(H,22,23)(H,24,25)(H2,19,20,21)(H3,12,14,15,32)/t4-,6-,7-,10-/m1/s1. The van der Waals surface area contributed by atoms with E-state index in [1.54, 1.807) is 0 Å². The summed E-state index contributed by atoms with van der Waals surface area (Å²) in [7, 11) is -15.6. The molecule has 1 saturated heterocycles. The molecule has 9 N–H and O–H groups in total. The highest BCUT2D eigenvalue weighted by molar-refractivity contribution is 7.73. The van der Waals surface area contributed by atoms with Crippen molar-refractivity contribution in [3.05, 3.63) is 11.0 Å². The van der Waals surface area contributed by atoms with Crippen LogP contribution in [0.4, 0.5) is 5.95 Å². The number of ether oxygens (including phenoxy) is 1. The molecule has 0 spiro atoms. The van der Waals surface area contributed by atoms with Crippen LogP contribution in [0.5, 0.6) is 0 Å². The number of nitrogens with zero attached hydrogens (tertiary/aromatic N) is 3. The van der Waals surface area contributed by atoms with Gasteiger partial charge in [0.15, 0.2) is 22.7 Å². The molecular formula is C11H18N5O12P3S. The zero-order chi connectivity index (χ0) is 24.1. The molecule has 0 amide bonds. The van der Waals surface area contributed by atoms with Gasteiger partial charge in [-0.05, 0) is 0 Å². The number of H-pyrrole nitrogens is 1. The maximum atomic E-state index is 11.9. The molecule has 1 aliphatic rings.